The molecular weight excluding hydrogens is 312 g/mol. The van der Waals surface area contributed by atoms with Gasteiger partial charge >= 0.3 is 0 Å². The van der Waals surface area contributed by atoms with E-state index in [9.17, 15) is 0 Å². The maximum Gasteiger partial charge on any atom is 0.119 e. The minimum atomic E-state index is 0.157. The quantitative estimate of drug-likeness (QED) is 0.777. The highest BCUT2D eigenvalue weighted by molar-refractivity contribution is 5.32. The van der Waals surface area contributed by atoms with Crippen LogP contribution in [0.1, 0.15) is 45.6 Å². The Morgan fingerprint density at radius 1 is 1.28 bits per heavy atom. The van der Waals surface area contributed by atoms with E-state index in [1.54, 1.807) is 0 Å². The fraction of sp³-hybridized carbons (Fsp3) is 0.714. The molecule has 1 aromatic rings. The third-order valence-corrected chi connectivity index (χ3v) is 5.51. The van der Waals surface area contributed by atoms with E-state index in [1.807, 2.05) is 0 Å². The molecule has 0 spiro atoms. The van der Waals surface area contributed by atoms with Crippen molar-refractivity contribution in [3.05, 3.63) is 29.8 Å². The lowest BCUT2D eigenvalue weighted by Crippen LogP contribution is -2.51. The zero-order valence-electron chi connectivity index (χ0n) is 16.0. The van der Waals surface area contributed by atoms with Crippen LogP contribution >= 0.6 is 0 Å². The molecule has 3 unspecified atom stereocenters. The van der Waals surface area contributed by atoms with Crippen molar-refractivity contribution in [1.29, 1.82) is 0 Å². The standard InChI is InChI=1S/C21H34N2O2/c1-21(2,3)16-6-4-7-17(14-16)25-13-11-22-19-9-5-8-18(19)20-15-24-12-10-23-20/h4,6-7,14,18-20,22-23H,5,8-13,15H2,1-3H3. The fourth-order valence-electron chi connectivity index (χ4n) is 4.05. The second-order valence-corrected chi connectivity index (χ2v) is 8.42. The van der Waals surface area contributed by atoms with E-state index in [0.29, 0.717) is 24.6 Å². The second-order valence-electron chi connectivity index (χ2n) is 8.42. The maximum atomic E-state index is 5.98. The molecule has 3 atom stereocenters. The molecule has 25 heavy (non-hydrogen) atoms. The predicted octanol–water partition coefficient (Wildman–Crippen LogP) is 3.11. The van der Waals surface area contributed by atoms with Crippen molar-refractivity contribution in [2.45, 2.75) is 57.5 Å². The molecule has 0 aromatic heterocycles. The van der Waals surface area contributed by atoms with Crippen LogP contribution in [-0.2, 0) is 10.2 Å². The molecule has 1 heterocycles. The van der Waals surface area contributed by atoms with Crippen LogP contribution in [-0.4, -0.2) is 45.0 Å². The van der Waals surface area contributed by atoms with Gasteiger partial charge in [-0.05, 0) is 41.9 Å². The molecule has 1 saturated heterocycles. The summed E-state index contributed by atoms with van der Waals surface area (Å²) in [5.41, 5.74) is 1.47. The monoisotopic (exact) mass is 346 g/mol. The number of morpholine rings is 1. The number of hydrogen-bond acceptors (Lipinski definition) is 4. The van der Waals surface area contributed by atoms with Crippen LogP contribution < -0.4 is 15.4 Å². The predicted molar refractivity (Wildman–Crippen MR) is 102 cm³/mol. The lowest BCUT2D eigenvalue weighted by molar-refractivity contribution is 0.0523. The molecule has 1 aliphatic heterocycles. The smallest absolute Gasteiger partial charge is 0.119 e. The van der Waals surface area contributed by atoms with Crippen molar-refractivity contribution in [2.75, 3.05) is 32.9 Å². The summed E-state index contributed by atoms with van der Waals surface area (Å²) >= 11 is 0. The molecule has 2 fully saturated rings. The summed E-state index contributed by atoms with van der Waals surface area (Å²) in [5, 5.41) is 7.35. The van der Waals surface area contributed by atoms with Crippen molar-refractivity contribution in [3.63, 3.8) is 0 Å². The van der Waals surface area contributed by atoms with Gasteiger partial charge in [0.15, 0.2) is 0 Å². The van der Waals surface area contributed by atoms with Gasteiger partial charge in [-0.25, -0.2) is 0 Å². The van der Waals surface area contributed by atoms with E-state index < -0.39 is 0 Å². The van der Waals surface area contributed by atoms with Gasteiger partial charge in [-0.15, -0.1) is 0 Å². The summed E-state index contributed by atoms with van der Waals surface area (Å²) in [7, 11) is 0. The molecule has 140 valence electrons. The summed E-state index contributed by atoms with van der Waals surface area (Å²) in [4.78, 5) is 0. The first kappa shape index (κ1) is 18.7. The van der Waals surface area contributed by atoms with E-state index >= 15 is 0 Å². The molecule has 0 radical (unpaired) electrons. The zero-order chi connectivity index (χ0) is 17.7. The Morgan fingerprint density at radius 3 is 2.92 bits per heavy atom. The molecule has 4 heteroatoms. The largest absolute Gasteiger partial charge is 0.492 e. The fourth-order valence-corrected chi connectivity index (χ4v) is 4.05. The van der Waals surface area contributed by atoms with Crippen LogP contribution in [0.4, 0.5) is 0 Å². The normalized spacial score (nSPS) is 27.4. The SMILES string of the molecule is CC(C)(C)c1cccc(OCCNC2CCCC2C2COCCN2)c1. The van der Waals surface area contributed by atoms with Crippen LogP contribution in [0, 0.1) is 5.92 Å². The Hall–Kier alpha value is -1.10. The average Bonchev–Trinajstić information content (AvgIpc) is 3.07. The number of nitrogens with one attached hydrogen (secondary N) is 2. The van der Waals surface area contributed by atoms with E-state index in [2.05, 4.69) is 55.7 Å². The molecule has 3 rings (SSSR count). The number of benzene rings is 1. The molecule has 0 bridgehead atoms. The maximum absolute atomic E-state index is 5.98. The topological polar surface area (TPSA) is 42.5 Å². The zero-order valence-corrected chi connectivity index (χ0v) is 16.0. The van der Waals surface area contributed by atoms with Crippen LogP contribution in [0.2, 0.25) is 0 Å². The summed E-state index contributed by atoms with van der Waals surface area (Å²) in [6.45, 7) is 11.0. The Labute approximate surface area is 152 Å². The van der Waals surface area contributed by atoms with E-state index in [0.717, 1.165) is 32.1 Å². The van der Waals surface area contributed by atoms with Crippen molar-refractivity contribution in [1.82, 2.24) is 10.6 Å². The van der Waals surface area contributed by atoms with E-state index in [-0.39, 0.29) is 5.41 Å². The summed E-state index contributed by atoms with van der Waals surface area (Å²) in [6, 6.07) is 9.58. The molecule has 1 aliphatic carbocycles. The Bertz CT molecular complexity index is 535. The van der Waals surface area contributed by atoms with Gasteiger partial charge in [0.1, 0.15) is 12.4 Å². The molecule has 1 saturated carbocycles. The number of ether oxygens (including phenoxy) is 2. The highest BCUT2D eigenvalue weighted by Gasteiger charge is 2.34. The highest BCUT2D eigenvalue weighted by Crippen LogP contribution is 2.29. The first-order valence-electron chi connectivity index (χ1n) is 9.82. The van der Waals surface area contributed by atoms with E-state index in [4.69, 9.17) is 9.47 Å². The molecule has 0 amide bonds. The highest BCUT2D eigenvalue weighted by atomic mass is 16.5. The van der Waals surface area contributed by atoms with Gasteiger partial charge < -0.3 is 20.1 Å². The van der Waals surface area contributed by atoms with Gasteiger partial charge in [-0.1, -0.05) is 39.3 Å². The van der Waals surface area contributed by atoms with Crippen molar-refractivity contribution in [3.8, 4) is 5.75 Å². The van der Waals surface area contributed by atoms with Gasteiger partial charge in [-0.2, -0.15) is 0 Å². The van der Waals surface area contributed by atoms with Gasteiger partial charge in [-0.3, -0.25) is 0 Å². The minimum Gasteiger partial charge on any atom is -0.492 e. The average molecular weight is 347 g/mol. The summed E-state index contributed by atoms with van der Waals surface area (Å²) < 4.78 is 11.6. The van der Waals surface area contributed by atoms with Crippen molar-refractivity contribution >= 4 is 0 Å². The molecule has 1 aromatic carbocycles. The Morgan fingerprint density at radius 2 is 2.16 bits per heavy atom. The van der Waals surface area contributed by atoms with Crippen LogP contribution in [0.15, 0.2) is 24.3 Å². The summed E-state index contributed by atoms with van der Waals surface area (Å²) in [5.74, 6) is 1.66. The van der Waals surface area contributed by atoms with E-state index in [1.165, 1.54) is 24.8 Å². The Kier molecular flexibility index (Phi) is 6.37. The molecule has 2 aliphatic rings. The van der Waals surface area contributed by atoms with Crippen LogP contribution in [0.5, 0.6) is 5.75 Å². The number of rotatable bonds is 6. The third kappa shape index (κ3) is 5.19. The number of hydrogen-bond donors (Lipinski definition) is 2. The first-order valence-corrected chi connectivity index (χ1v) is 9.82. The third-order valence-electron chi connectivity index (χ3n) is 5.51. The Balaban J connectivity index is 1.43. The molecule has 4 nitrogen and oxygen atoms in total. The lowest BCUT2D eigenvalue weighted by atomic mass is 9.87. The van der Waals surface area contributed by atoms with Gasteiger partial charge in [0.2, 0.25) is 0 Å². The van der Waals surface area contributed by atoms with Crippen LogP contribution in [0.25, 0.3) is 0 Å². The van der Waals surface area contributed by atoms with Crippen LogP contribution in [0.3, 0.4) is 0 Å². The minimum absolute atomic E-state index is 0.157. The first-order chi connectivity index (χ1) is 12.0. The van der Waals surface area contributed by atoms with Gasteiger partial charge in [0.25, 0.3) is 0 Å². The van der Waals surface area contributed by atoms with Crippen molar-refractivity contribution in [2.24, 2.45) is 5.92 Å². The lowest BCUT2D eigenvalue weighted by Gasteiger charge is -2.33. The second kappa shape index (κ2) is 8.52. The van der Waals surface area contributed by atoms with Crippen molar-refractivity contribution < 1.29 is 9.47 Å². The van der Waals surface area contributed by atoms with Gasteiger partial charge in [0, 0.05) is 25.2 Å². The molecule has 2 N–H and O–H groups in total. The molecular formula is C21H34N2O2. The van der Waals surface area contributed by atoms with Gasteiger partial charge in [0.05, 0.1) is 13.2 Å². The summed E-state index contributed by atoms with van der Waals surface area (Å²) in [6.07, 6.45) is 3.88.